The summed E-state index contributed by atoms with van der Waals surface area (Å²) in [5.41, 5.74) is 1.56. The van der Waals surface area contributed by atoms with Gasteiger partial charge in [-0.2, -0.15) is 0 Å². The van der Waals surface area contributed by atoms with Crippen LogP contribution in [0, 0.1) is 0 Å². The van der Waals surface area contributed by atoms with E-state index in [0.717, 1.165) is 5.56 Å². The molecule has 0 spiro atoms. The molecule has 1 unspecified atom stereocenters. The molecule has 1 N–H and O–H groups in total. The molecular formula is C22H23NO6. The first-order valence-electron chi connectivity index (χ1n) is 8.92. The van der Waals surface area contributed by atoms with Crippen molar-refractivity contribution in [2.45, 2.75) is 12.5 Å². The number of para-hydroxylation sites is 1. The highest BCUT2D eigenvalue weighted by molar-refractivity contribution is 5.90. The minimum absolute atomic E-state index is 0.265. The van der Waals surface area contributed by atoms with E-state index in [4.69, 9.17) is 14.2 Å². The van der Waals surface area contributed by atoms with Crippen LogP contribution in [0.2, 0.25) is 0 Å². The molecule has 0 aromatic heterocycles. The Morgan fingerprint density at radius 2 is 1.69 bits per heavy atom. The van der Waals surface area contributed by atoms with Gasteiger partial charge in [-0.15, -0.1) is 0 Å². The average Bonchev–Trinajstić information content (AvgIpc) is 2.76. The molecule has 29 heavy (non-hydrogen) atoms. The van der Waals surface area contributed by atoms with Crippen LogP contribution in [0.25, 0.3) is 6.08 Å². The van der Waals surface area contributed by atoms with Crippen LogP contribution >= 0.6 is 0 Å². The molecule has 2 rings (SSSR count). The third kappa shape index (κ3) is 7.14. The quantitative estimate of drug-likeness (QED) is 0.515. The number of carbonyl (C=O) groups excluding carboxylic acids is 3. The van der Waals surface area contributed by atoms with Gasteiger partial charge in [0.1, 0.15) is 11.8 Å². The molecule has 0 saturated heterocycles. The van der Waals surface area contributed by atoms with Gasteiger partial charge in [0.05, 0.1) is 14.2 Å². The number of hydrogen-bond acceptors (Lipinski definition) is 6. The Morgan fingerprint density at radius 1 is 1.00 bits per heavy atom. The molecule has 2 aromatic carbocycles. The summed E-state index contributed by atoms with van der Waals surface area (Å²) in [6.45, 7) is -0.516. The Hall–Kier alpha value is -3.61. The van der Waals surface area contributed by atoms with E-state index in [1.54, 1.807) is 18.2 Å². The van der Waals surface area contributed by atoms with E-state index in [1.807, 2.05) is 36.4 Å². The van der Waals surface area contributed by atoms with Crippen molar-refractivity contribution in [3.8, 4) is 5.75 Å². The average molecular weight is 397 g/mol. The summed E-state index contributed by atoms with van der Waals surface area (Å²) in [6, 6.07) is 15.5. The lowest BCUT2D eigenvalue weighted by Gasteiger charge is -2.16. The molecule has 1 atom stereocenters. The van der Waals surface area contributed by atoms with E-state index in [1.165, 1.54) is 26.4 Å². The second-order valence-electron chi connectivity index (χ2n) is 6.02. The van der Waals surface area contributed by atoms with Gasteiger partial charge in [-0.25, -0.2) is 9.59 Å². The smallest absolute Gasteiger partial charge is 0.331 e. The Balaban J connectivity index is 1.88. The standard InChI is InChI=1S/C22H23NO6/c1-27-19-11-7-6-10-17(19)12-13-21(25)29-15-20(24)23-18(22(26)28-2)14-16-8-4-3-5-9-16/h3-13,18H,14-15H2,1-2H3,(H,23,24)/b13-12+. The minimum Gasteiger partial charge on any atom is -0.496 e. The normalized spacial score (nSPS) is 11.5. The van der Waals surface area contributed by atoms with Crippen molar-refractivity contribution in [1.29, 1.82) is 0 Å². The maximum Gasteiger partial charge on any atom is 0.331 e. The van der Waals surface area contributed by atoms with E-state index in [2.05, 4.69) is 5.32 Å². The molecule has 0 aliphatic rings. The van der Waals surface area contributed by atoms with Crippen molar-refractivity contribution in [3.05, 3.63) is 71.8 Å². The summed E-state index contributed by atoms with van der Waals surface area (Å²) in [5, 5.41) is 2.53. The summed E-state index contributed by atoms with van der Waals surface area (Å²) in [7, 11) is 2.78. The molecule has 0 fully saturated rings. The molecule has 0 heterocycles. The van der Waals surface area contributed by atoms with Crippen LogP contribution in [0.15, 0.2) is 60.7 Å². The number of nitrogens with one attached hydrogen (secondary N) is 1. The number of carbonyl (C=O) groups is 3. The van der Waals surface area contributed by atoms with Crippen LogP contribution in [0.4, 0.5) is 0 Å². The highest BCUT2D eigenvalue weighted by Gasteiger charge is 2.22. The molecule has 7 nitrogen and oxygen atoms in total. The zero-order valence-corrected chi connectivity index (χ0v) is 16.3. The topological polar surface area (TPSA) is 90.9 Å². The van der Waals surface area contributed by atoms with E-state index < -0.39 is 30.5 Å². The Morgan fingerprint density at radius 3 is 2.38 bits per heavy atom. The van der Waals surface area contributed by atoms with Crippen molar-refractivity contribution in [2.24, 2.45) is 0 Å². The predicted molar refractivity (Wildman–Crippen MR) is 107 cm³/mol. The second kappa shape index (κ2) is 11.3. The maximum atomic E-state index is 12.1. The lowest BCUT2D eigenvalue weighted by Crippen LogP contribution is -2.44. The zero-order valence-electron chi connectivity index (χ0n) is 16.3. The van der Waals surface area contributed by atoms with Gasteiger partial charge in [-0.3, -0.25) is 4.79 Å². The minimum atomic E-state index is -0.877. The SMILES string of the molecule is COC(=O)C(Cc1ccccc1)NC(=O)COC(=O)/C=C/c1ccccc1OC. The monoisotopic (exact) mass is 397 g/mol. The molecule has 152 valence electrons. The summed E-state index contributed by atoms with van der Waals surface area (Å²) in [6.07, 6.45) is 3.00. The highest BCUT2D eigenvalue weighted by atomic mass is 16.5. The van der Waals surface area contributed by atoms with Crippen LogP contribution in [-0.2, 0) is 30.3 Å². The first-order valence-corrected chi connectivity index (χ1v) is 8.92. The van der Waals surface area contributed by atoms with Gasteiger partial charge in [0.25, 0.3) is 5.91 Å². The van der Waals surface area contributed by atoms with Crippen molar-refractivity contribution in [1.82, 2.24) is 5.32 Å². The van der Waals surface area contributed by atoms with Crippen molar-refractivity contribution in [3.63, 3.8) is 0 Å². The fraction of sp³-hybridized carbons (Fsp3) is 0.227. The van der Waals surface area contributed by atoms with Crippen LogP contribution in [0.3, 0.4) is 0 Å². The Kier molecular flexibility index (Phi) is 8.44. The molecule has 0 aliphatic carbocycles. The van der Waals surface area contributed by atoms with Crippen molar-refractivity contribution in [2.75, 3.05) is 20.8 Å². The van der Waals surface area contributed by atoms with Gasteiger partial charge >= 0.3 is 11.9 Å². The van der Waals surface area contributed by atoms with Gasteiger partial charge in [-0.1, -0.05) is 48.5 Å². The van der Waals surface area contributed by atoms with E-state index in [9.17, 15) is 14.4 Å². The molecular weight excluding hydrogens is 374 g/mol. The number of methoxy groups -OCH3 is 2. The molecule has 0 bridgehead atoms. The van der Waals surface area contributed by atoms with Crippen LogP contribution in [-0.4, -0.2) is 44.7 Å². The summed E-state index contributed by atoms with van der Waals surface area (Å²) in [5.74, 6) is -1.26. The van der Waals surface area contributed by atoms with Crippen molar-refractivity contribution >= 4 is 23.9 Å². The zero-order chi connectivity index (χ0) is 21.1. The number of amides is 1. The lowest BCUT2D eigenvalue weighted by atomic mass is 10.1. The lowest BCUT2D eigenvalue weighted by molar-refractivity contribution is -0.147. The number of esters is 2. The van der Waals surface area contributed by atoms with E-state index in [0.29, 0.717) is 11.3 Å². The van der Waals surface area contributed by atoms with Gasteiger partial charge in [0.2, 0.25) is 0 Å². The number of hydrogen-bond donors (Lipinski definition) is 1. The molecule has 0 radical (unpaired) electrons. The third-order valence-corrected chi connectivity index (χ3v) is 3.99. The molecule has 0 saturated carbocycles. The first kappa shape index (κ1) is 21.7. The van der Waals surface area contributed by atoms with Gasteiger partial charge in [0.15, 0.2) is 6.61 Å². The van der Waals surface area contributed by atoms with E-state index >= 15 is 0 Å². The third-order valence-electron chi connectivity index (χ3n) is 3.99. The summed E-state index contributed by atoms with van der Waals surface area (Å²) < 4.78 is 14.9. The maximum absolute atomic E-state index is 12.1. The van der Waals surface area contributed by atoms with Gasteiger partial charge < -0.3 is 19.5 Å². The molecule has 2 aromatic rings. The van der Waals surface area contributed by atoms with Crippen molar-refractivity contribution < 1.29 is 28.6 Å². The largest absolute Gasteiger partial charge is 0.496 e. The summed E-state index contributed by atoms with van der Waals surface area (Å²) in [4.78, 5) is 35.9. The van der Waals surface area contributed by atoms with Crippen LogP contribution in [0.5, 0.6) is 5.75 Å². The molecule has 7 heteroatoms. The number of benzene rings is 2. The second-order valence-corrected chi connectivity index (χ2v) is 6.02. The summed E-state index contributed by atoms with van der Waals surface area (Å²) >= 11 is 0. The van der Waals surface area contributed by atoms with Crippen LogP contribution in [0.1, 0.15) is 11.1 Å². The Bertz CT molecular complexity index is 863. The fourth-order valence-electron chi connectivity index (χ4n) is 2.57. The van der Waals surface area contributed by atoms with E-state index in [-0.39, 0.29) is 6.42 Å². The van der Waals surface area contributed by atoms with Gasteiger partial charge in [0, 0.05) is 18.1 Å². The highest BCUT2D eigenvalue weighted by Crippen LogP contribution is 2.18. The van der Waals surface area contributed by atoms with Gasteiger partial charge in [-0.05, 0) is 17.7 Å². The predicted octanol–water partition coefficient (Wildman–Crippen LogP) is 2.15. The molecule has 1 amide bonds. The number of ether oxygens (including phenoxy) is 3. The van der Waals surface area contributed by atoms with Crippen LogP contribution < -0.4 is 10.1 Å². The first-order chi connectivity index (χ1) is 14.0. The molecule has 0 aliphatic heterocycles. The fourth-order valence-corrected chi connectivity index (χ4v) is 2.57. The number of rotatable bonds is 9. The Labute approximate surface area is 169 Å².